The molecule has 6 bridgehead atoms. The van der Waals surface area contributed by atoms with Gasteiger partial charge in [-0.1, -0.05) is 6.42 Å². The molecule has 10 heteroatoms. The van der Waals surface area contributed by atoms with E-state index in [1.54, 1.807) is 12.2 Å². The average Bonchev–Trinajstić information content (AvgIpc) is 3.89. The third-order valence-electron chi connectivity index (χ3n) is 15.5. The highest BCUT2D eigenvalue weighted by atomic mass is 16.6. The van der Waals surface area contributed by atoms with Crippen LogP contribution < -0.4 is 0 Å². The van der Waals surface area contributed by atoms with Gasteiger partial charge in [-0.3, -0.25) is 14.7 Å². The summed E-state index contributed by atoms with van der Waals surface area (Å²) in [6, 6.07) is 1.32. The number of hydrogen-bond acceptors (Lipinski definition) is 10. The van der Waals surface area contributed by atoms with Crippen LogP contribution in [0.3, 0.4) is 0 Å². The summed E-state index contributed by atoms with van der Waals surface area (Å²) in [6.45, 7) is 3.05. The Kier molecular flexibility index (Phi) is 5.11. The summed E-state index contributed by atoms with van der Waals surface area (Å²) in [4.78, 5) is 47.0. The van der Waals surface area contributed by atoms with Crippen molar-refractivity contribution in [1.82, 2.24) is 14.7 Å². The minimum Gasteiger partial charge on any atom is -0.450 e. The van der Waals surface area contributed by atoms with Crippen LogP contribution in [0.25, 0.3) is 0 Å². The molecule has 13 atom stereocenters. The maximum atomic E-state index is 13.4. The van der Waals surface area contributed by atoms with Gasteiger partial charge in [-0.2, -0.15) is 0 Å². The van der Waals surface area contributed by atoms with Gasteiger partial charge in [0.1, 0.15) is 0 Å². The molecule has 13 aliphatic rings. The molecule has 0 aromatic rings. The standard InChI is InChI=1S/C37H43N3O7/c41-30-13-19-11-21(24-16-35(19,45-30)28-6-3-9-39(24)28)33-22-15-32(43)47-37(22)17-25(40-10-4-7-29(37)40)34(33)44-26-18-36-20(14-31(42)46-36)12-23(26)38-8-2-1-5-27(36)38/h13-15,21,23-29,33-34H,1-12,16-18H2/t21-,23-,24-,25-,26+,27+,28+,29+,33+,34+,35-,36+,37-/m0/s1. The number of esters is 3. The number of carbonyl (C=O) groups is 3. The van der Waals surface area contributed by atoms with Gasteiger partial charge in [0.25, 0.3) is 0 Å². The van der Waals surface area contributed by atoms with E-state index in [0.29, 0.717) is 6.42 Å². The zero-order chi connectivity index (χ0) is 31.0. The monoisotopic (exact) mass is 641 g/mol. The predicted octanol–water partition coefficient (Wildman–Crippen LogP) is 2.56. The largest absolute Gasteiger partial charge is 0.450 e. The van der Waals surface area contributed by atoms with Crippen molar-refractivity contribution in [3.05, 3.63) is 34.9 Å². The van der Waals surface area contributed by atoms with Gasteiger partial charge in [0.05, 0.1) is 30.3 Å². The van der Waals surface area contributed by atoms with Gasteiger partial charge in [-0.05, 0) is 93.6 Å². The van der Waals surface area contributed by atoms with Crippen LogP contribution in [0.2, 0.25) is 0 Å². The smallest absolute Gasteiger partial charge is 0.331 e. The van der Waals surface area contributed by atoms with Crippen LogP contribution in [0.15, 0.2) is 34.9 Å². The fourth-order valence-corrected chi connectivity index (χ4v) is 14.2. The zero-order valence-corrected chi connectivity index (χ0v) is 26.8. The second-order valence-corrected chi connectivity index (χ2v) is 17.0. The van der Waals surface area contributed by atoms with Gasteiger partial charge in [0.2, 0.25) is 0 Å². The van der Waals surface area contributed by atoms with Crippen molar-refractivity contribution in [3.63, 3.8) is 0 Å². The highest BCUT2D eigenvalue weighted by molar-refractivity contribution is 5.89. The van der Waals surface area contributed by atoms with E-state index in [0.717, 1.165) is 88.6 Å². The Morgan fingerprint density at radius 1 is 0.617 bits per heavy atom. The highest BCUT2D eigenvalue weighted by Crippen LogP contribution is 2.65. The molecule has 0 N–H and O–H groups in total. The van der Waals surface area contributed by atoms with Crippen molar-refractivity contribution in [1.29, 1.82) is 0 Å². The lowest BCUT2D eigenvalue weighted by Gasteiger charge is -2.62. The first-order chi connectivity index (χ1) is 22.9. The number of nitrogens with zero attached hydrogens (tertiary/aromatic N) is 3. The van der Waals surface area contributed by atoms with Crippen LogP contribution in [0.4, 0.5) is 0 Å². The summed E-state index contributed by atoms with van der Waals surface area (Å²) in [5.41, 5.74) is 1.87. The van der Waals surface area contributed by atoms with Crippen molar-refractivity contribution in [2.24, 2.45) is 11.8 Å². The molecule has 0 aromatic carbocycles. The molecule has 0 aromatic heterocycles. The molecule has 0 radical (unpaired) electrons. The summed E-state index contributed by atoms with van der Waals surface area (Å²) in [6.07, 6.45) is 17.0. The Balaban J connectivity index is 0.983. The fraction of sp³-hybridized carbons (Fsp3) is 0.757. The number of hydrogen-bond donors (Lipinski definition) is 0. The minimum atomic E-state index is -0.576. The van der Waals surface area contributed by atoms with E-state index in [-0.39, 0.29) is 78.2 Å². The molecule has 2 saturated carbocycles. The molecule has 10 nitrogen and oxygen atoms in total. The van der Waals surface area contributed by atoms with Crippen LogP contribution in [0.5, 0.6) is 0 Å². The number of carbonyl (C=O) groups excluding carboxylic acids is 3. The number of rotatable bonds is 3. The van der Waals surface area contributed by atoms with E-state index in [1.165, 1.54) is 18.4 Å². The summed E-state index contributed by atoms with van der Waals surface area (Å²) in [5, 5.41) is 0. The quantitative estimate of drug-likeness (QED) is 0.338. The molecule has 13 rings (SSSR count). The van der Waals surface area contributed by atoms with E-state index in [9.17, 15) is 14.4 Å². The Labute approximate surface area is 274 Å². The van der Waals surface area contributed by atoms with E-state index in [4.69, 9.17) is 18.9 Å². The van der Waals surface area contributed by atoms with Crippen LogP contribution in [-0.4, -0.2) is 118 Å². The van der Waals surface area contributed by atoms with Gasteiger partial charge in [-0.25, -0.2) is 14.4 Å². The lowest BCUT2D eigenvalue weighted by Crippen LogP contribution is -2.72. The van der Waals surface area contributed by atoms with Crippen LogP contribution in [-0.2, 0) is 33.3 Å². The van der Waals surface area contributed by atoms with Crippen LogP contribution in [0.1, 0.15) is 77.0 Å². The second kappa shape index (κ2) is 8.79. The van der Waals surface area contributed by atoms with Crippen molar-refractivity contribution in [3.8, 4) is 0 Å². The highest BCUT2D eigenvalue weighted by Gasteiger charge is 2.73. The molecule has 0 unspecified atom stereocenters. The topological polar surface area (TPSA) is 97.8 Å². The number of piperidine rings is 3. The molecule has 3 spiro atoms. The Hall–Kier alpha value is -2.53. The molecule has 11 aliphatic heterocycles. The molecular formula is C37H43N3O7. The Bertz CT molecular complexity index is 1640. The number of fused-ring (bicyclic) bond motifs is 4. The lowest BCUT2D eigenvalue weighted by atomic mass is 9.60. The van der Waals surface area contributed by atoms with Crippen molar-refractivity contribution < 1.29 is 33.3 Å². The predicted molar refractivity (Wildman–Crippen MR) is 165 cm³/mol. The van der Waals surface area contributed by atoms with Gasteiger partial charge in [-0.15, -0.1) is 0 Å². The molecule has 11 heterocycles. The van der Waals surface area contributed by atoms with E-state index >= 15 is 0 Å². The minimum absolute atomic E-state index is 0.000925. The van der Waals surface area contributed by atoms with Gasteiger partial charge >= 0.3 is 17.9 Å². The van der Waals surface area contributed by atoms with E-state index in [1.807, 2.05) is 6.08 Å². The maximum absolute atomic E-state index is 13.4. The summed E-state index contributed by atoms with van der Waals surface area (Å²) < 4.78 is 26.7. The maximum Gasteiger partial charge on any atom is 0.331 e. The van der Waals surface area contributed by atoms with Gasteiger partial charge in [0, 0.05) is 61.5 Å². The Morgan fingerprint density at radius 3 is 1.98 bits per heavy atom. The first-order valence-corrected chi connectivity index (χ1v) is 18.6. The summed E-state index contributed by atoms with van der Waals surface area (Å²) >= 11 is 0. The first kappa shape index (κ1) is 27.3. The Morgan fingerprint density at radius 2 is 1.19 bits per heavy atom. The number of ether oxygens (including phenoxy) is 4. The first-order valence-electron chi connectivity index (χ1n) is 18.6. The molecule has 10 fully saturated rings. The van der Waals surface area contributed by atoms with E-state index < -0.39 is 16.8 Å². The van der Waals surface area contributed by atoms with Crippen molar-refractivity contribution in [2.45, 2.75) is 142 Å². The molecule has 8 saturated heterocycles. The third-order valence-corrected chi connectivity index (χ3v) is 15.5. The normalized spacial score (nSPS) is 53.4. The fourth-order valence-electron chi connectivity index (χ4n) is 14.2. The van der Waals surface area contributed by atoms with Crippen LogP contribution >= 0.6 is 0 Å². The molecule has 2 aliphatic carbocycles. The SMILES string of the molecule is O=C1C=C2C[C@H]([C@@H]3C4=CC(=O)O[C@@]45C[C@@H]([C@H]3O[C@@H]3C[C@@]46OC(=O)C=C4C[C@@H]3N3CCCC[C@@H]36)N3CCC[C@@H]35)[C@@H]3C[C@@]2(O1)[C@H]1CCCN31. The summed E-state index contributed by atoms with van der Waals surface area (Å²) in [5.74, 6) is -0.388. The van der Waals surface area contributed by atoms with Crippen molar-refractivity contribution in [2.75, 3.05) is 19.6 Å². The van der Waals surface area contributed by atoms with Gasteiger partial charge in [0.15, 0.2) is 16.8 Å². The summed E-state index contributed by atoms with van der Waals surface area (Å²) in [7, 11) is 0. The second-order valence-electron chi connectivity index (χ2n) is 17.0. The lowest BCUT2D eigenvalue weighted by molar-refractivity contribution is -0.215. The van der Waals surface area contributed by atoms with E-state index in [2.05, 4.69) is 14.7 Å². The molecular weight excluding hydrogens is 598 g/mol. The third kappa shape index (κ3) is 3.13. The average molecular weight is 642 g/mol. The molecule has 0 amide bonds. The zero-order valence-electron chi connectivity index (χ0n) is 26.8. The van der Waals surface area contributed by atoms with Crippen molar-refractivity contribution >= 4 is 17.9 Å². The van der Waals surface area contributed by atoms with Crippen LogP contribution in [0, 0.1) is 11.8 Å². The molecule has 47 heavy (non-hydrogen) atoms. The van der Waals surface area contributed by atoms with Gasteiger partial charge < -0.3 is 18.9 Å². The molecule has 248 valence electrons.